The third kappa shape index (κ3) is 4.56. The van der Waals surface area contributed by atoms with Crippen LogP contribution in [0.5, 0.6) is 17.2 Å². The van der Waals surface area contributed by atoms with Crippen LogP contribution in [0.2, 0.25) is 0 Å². The maximum absolute atomic E-state index is 12.9. The summed E-state index contributed by atoms with van der Waals surface area (Å²) < 4.78 is 17.0. The number of carbonyl (C=O) groups excluding carboxylic acids is 1. The molecule has 2 aliphatic heterocycles. The number of likely N-dealkylation sites (tertiary alicyclic amines) is 1. The first kappa shape index (κ1) is 19.4. The SMILES string of the molecule is CCOc1ccc(/C=C/C(=O)N2CCCC2c2ccc3c(c2)OCCCO3)cc1. The van der Waals surface area contributed by atoms with Gasteiger partial charge in [0.05, 0.1) is 25.9 Å². The van der Waals surface area contributed by atoms with E-state index in [0.29, 0.717) is 19.8 Å². The summed E-state index contributed by atoms with van der Waals surface area (Å²) in [6, 6.07) is 13.9. The van der Waals surface area contributed by atoms with E-state index in [1.54, 1.807) is 6.08 Å². The summed E-state index contributed by atoms with van der Waals surface area (Å²) in [7, 11) is 0. The molecule has 0 bridgehead atoms. The molecule has 2 aromatic rings. The van der Waals surface area contributed by atoms with Crippen LogP contribution < -0.4 is 14.2 Å². The Labute approximate surface area is 171 Å². The Morgan fingerprint density at radius 1 is 1.10 bits per heavy atom. The molecule has 29 heavy (non-hydrogen) atoms. The highest BCUT2D eigenvalue weighted by Crippen LogP contribution is 2.38. The summed E-state index contributed by atoms with van der Waals surface area (Å²) >= 11 is 0. The van der Waals surface area contributed by atoms with Gasteiger partial charge in [-0.2, -0.15) is 0 Å². The molecule has 1 saturated heterocycles. The number of hydrogen-bond acceptors (Lipinski definition) is 4. The largest absolute Gasteiger partial charge is 0.494 e. The predicted octanol–water partition coefficient (Wildman–Crippen LogP) is 4.62. The molecule has 1 amide bonds. The van der Waals surface area contributed by atoms with E-state index in [1.165, 1.54) is 0 Å². The van der Waals surface area contributed by atoms with Crippen LogP contribution in [0.3, 0.4) is 0 Å². The summed E-state index contributed by atoms with van der Waals surface area (Å²) in [5.74, 6) is 2.44. The monoisotopic (exact) mass is 393 g/mol. The zero-order valence-corrected chi connectivity index (χ0v) is 16.8. The zero-order valence-electron chi connectivity index (χ0n) is 16.8. The smallest absolute Gasteiger partial charge is 0.247 e. The molecule has 2 heterocycles. The molecule has 5 nitrogen and oxygen atoms in total. The molecular formula is C24H27NO4. The standard InChI is InChI=1S/C24H27NO4/c1-2-27-20-10-6-18(7-11-20)8-13-24(26)25-14-3-5-21(25)19-9-12-22-23(17-19)29-16-4-15-28-22/h6-13,17,21H,2-5,14-16H2,1H3/b13-8+. The molecule has 0 aliphatic carbocycles. The first-order chi connectivity index (χ1) is 14.2. The number of fused-ring (bicyclic) bond motifs is 1. The quantitative estimate of drug-likeness (QED) is 0.696. The highest BCUT2D eigenvalue weighted by molar-refractivity contribution is 5.92. The molecule has 0 N–H and O–H groups in total. The van der Waals surface area contributed by atoms with Gasteiger partial charge in [-0.3, -0.25) is 4.79 Å². The lowest BCUT2D eigenvalue weighted by Gasteiger charge is -2.24. The Balaban J connectivity index is 1.46. The van der Waals surface area contributed by atoms with Crippen LogP contribution in [0.15, 0.2) is 48.5 Å². The number of rotatable bonds is 5. The van der Waals surface area contributed by atoms with Crippen LogP contribution >= 0.6 is 0 Å². The van der Waals surface area contributed by atoms with Crippen LogP contribution in [0, 0.1) is 0 Å². The molecule has 1 atom stereocenters. The fourth-order valence-corrected chi connectivity index (χ4v) is 3.87. The third-order valence-corrected chi connectivity index (χ3v) is 5.30. The number of carbonyl (C=O) groups is 1. The molecule has 1 unspecified atom stereocenters. The lowest BCUT2D eigenvalue weighted by molar-refractivity contribution is -0.126. The minimum Gasteiger partial charge on any atom is -0.494 e. The summed E-state index contributed by atoms with van der Waals surface area (Å²) in [6.45, 7) is 4.71. The molecule has 0 radical (unpaired) electrons. The van der Waals surface area contributed by atoms with Gasteiger partial charge >= 0.3 is 0 Å². The molecule has 5 heteroatoms. The first-order valence-corrected chi connectivity index (χ1v) is 10.4. The van der Waals surface area contributed by atoms with Crippen molar-refractivity contribution in [3.63, 3.8) is 0 Å². The number of benzene rings is 2. The van der Waals surface area contributed by atoms with Crippen molar-refractivity contribution in [1.29, 1.82) is 0 Å². The number of amides is 1. The Kier molecular flexibility index (Phi) is 6.03. The summed E-state index contributed by atoms with van der Waals surface area (Å²) in [6.07, 6.45) is 6.37. The van der Waals surface area contributed by atoms with Gasteiger partial charge in [0.1, 0.15) is 5.75 Å². The second-order valence-corrected chi connectivity index (χ2v) is 7.28. The highest BCUT2D eigenvalue weighted by Gasteiger charge is 2.29. The van der Waals surface area contributed by atoms with Gasteiger partial charge in [-0.25, -0.2) is 0 Å². The fraction of sp³-hybridized carbons (Fsp3) is 0.375. The number of hydrogen-bond donors (Lipinski definition) is 0. The Hall–Kier alpha value is -2.95. The van der Waals surface area contributed by atoms with Crippen LogP contribution in [-0.4, -0.2) is 37.2 Å². The van der Waals surface area contributed by atoms with Crippen LogP contribution in [0.25, 0.3) is 6.08 Å². The van der Waals surface area contributed by atoms with E-state index in [1.807, 2.05) is 54.3 Å². The summed E-state index contributed by atoms with van der Waals surface area (Å²) in [5, 5.41) is 0. The highest BCUT2D eigenvalue weighted by atomic mass is 16.5. The normalized spacial score (nSPS) is 18.7. The molecule has 152 valence electrons. The maximum atomic E-state index is 12.9. The topological polar surface area (TPSA) is 48.0 Å². The number of ether oxygens (including phenoxy) is 3. The third-order valence-electron chi connectivity index (χ3n) is 5.30. The molecule has 0 aromatic heterocycles. The van der Waals surface area contributed by atoms with E-state index in [9.17, 15) is 4.79 Å². The first-order valence-electron chi connectivity index (χ1n) is 10.4. The van der Waals surface area contributed by atoms with E-state index < -0.39 is 0 Å². The minimum atomic E-state index is 0.0356. The maximum Gasteiger partial charge on any atom is 0.247 e. The van der Waals surface area contributed by atoms with E-state index in [-0.39, 0.29) is 11.9 Å². The average molecular weight is 393 g/mol. The van der Waals surface area contributed by atoms with Gasteiger partial charge in [-0.15, -0.1) is 0 Å². The minimum absolute atomic E-state index is 0.0356. The second-order valence-electron chi connectivity index (χ2n) is 7.28. The van der Waals surface area contributed by atoms with Gasteiger partial charge in [0.2, 0.25) is 5.91 Å². The van der Waals surface area contributed by atoms with Crippen molar-refractivity contribution in [1.82, 2.24) is 4.90 Å². The van der Waals surface area contributed by atoms with Crippen LogP contribution in [0.4, 0.5) is 0 Å². The van der Waals surface area contributed by atoms with Crippen molar-refractivity contribution in [2.75, 3.05) is 26.4 Å². The van der Waals surface area contributed by atoms with Crippen molar-refractivity contribution >= 4 is 12.0 Å². The summed E-state index contributed by atoms with van der Waals surface area (Å²) in [5.41, 5.74) is 2.09. The van der Waals surface area contributed by atoms with Crippen molar-refractivity contribution in [3.05, 3.63) is 59.7 Å². The number of nitrogens with zero attached hydrogens (tertiary/aromatic N) is 1. The molecular weight excluding hydrogens is 366 g/mol. The van der Waals surface area contributed by atoms with E-state index in [0.717, 1.165) is 54.2 Å². The van der Waals surface area contributed by atoms with Gasteiger partial charge in [-0.05, 0) is 61.2 Å². The summed E-state index contributed by atoms with van der Waals surface area (Å²) in [4.78, 5) is 14.8. The Bertz CT molecular complexity index is 875. The van der Waals surface area contributed by atoms with Crippen LogP contribution in [0.1, 0.15) is 43.4 Å². The molecule has 0 saturated carbocycles. The fourth-order valence-electron chi connectivity index (χ4n) is 3.87. The molecule has 4 rings (SSSR count). The van der Waals surface area contributed by atoms with Gasteiger partial charge in [0.15, 0.2) is 11.5 Å². The van der Waals surface area contributed by atoms with Gasteiger partial charge in [0.25, 0.3) is 0 Å². The van der Waals surface area contributed by atoms with E-state index >= 15 is 0 Å². The Morgan fingerprint density at radius 2 is 1.90 bits per heavy atom. The van der Waals surface area contributed by atoms with E-state index in [2.05, 4.69) is 6.07 Å². The Morgan fingerprint density at radius 3 is 2.69 bits per heavy atom. The predicted molar refractivity (Wildman–Crippen MR) is 112 cm³/mol. The van der Waals surface area contributed by atoms with Crippen molar-refractivity contribution in [2.45, 2.75) is 32.2 Å². The zero-order chi connectivity index (χ0) is 20.1. The average Bonchev–Trinajstić information content (AvgIpc) is 3.12. The van der Waals surface area contributed by atoms with E-state index in [4.69, 9.17) is 14.2 Å². The van der Waals surface area contributed by atoms with Crippen molar-refractivity contribution in [2.24, 2.45) is 0 Å². The van der Waals surface area contributed by atoms with Crippen LogP contribution in [-0.2, 0) is 4.79 Å². The molecule has 1 fully saturated rings. The second kappa shape index (κ2) is 9.03. The lowest BCUT2D eigenvalue weighted by atomic mass is 10.0. The van der Waals surface area contributed by atoms with Crippen molar-refractivity contribution in [3.8, 4) is 17.2 Å². The lowest BCUT2D eigenvalue weighted by Crippen LogP contribution is -2.28. The molecule has 0 spiro atoms. The van der Waals surface area contributed by atoms with Gasteiger partial charge < -0.3 is 19.1 Å². The van der Waals surface area contributed by atoms with Gasteiger partial charge in [-0.1, -0.05) is 18.2 Å². The molecule has 2 aromatic carbocycles. The van der Waals surface area contributed by atoms with Gasteiger partial charge in [0, 0.05) is 19.0 Å². The molecule has 2 aliphatic rings. The van der Waals surface area contributed by atoms with Crippen molar-refractivity contribution < 1.29 is 19.0 Å².